The molecule has 0 atom stereocenters. The lowest BCUT2D eigenvalue weighted by molar-refractivity contribution is -0.132. The first-order valence-electron chi connectivity index (χ1n) is 5.68. The summed E-state index contributed by atoms with van der Waals surface area (Å²) in [5, 5.41) is 18.1. The average Bonchev–Trinajstić information content (AvgIpc) is 2.38. The third-order valence-corrected chi connectivity index (χ3v) is 3.07. The number of amides is 1. The molecule has 1 aliphatic rings. The van der Waals surface area contributed by atoms with Crippen LogP contribution in [0.4, 0.5) is 9.18 Å². The smallest absolute Gasteiger partial charge is 0.407 e. The summed E-state index contributed by atoms with van der Waals surface area (Å²) < 4.78 is 12.9. The predicted octanol–water partition coefficient (Wildman–Crippen LogP) is 2.05. The molecule has 100 valence electrons. The molecule has 0 saturated carbocycles. The summed E-state index contributed by atoms with van der Waals surface area (Å²) in [4.78, 5) is 23.1. The summed E-state index contributed by atoms with van der Waals surface area (Å²) in [7, 11) is 0. The van der Waals surface area contributed by atoms with Crippen molar-refractivity contribution in [3.05, 3.63) is 41.2 Å². The maximum absolute atomic E-state index is 12.9. The van der Waals surface area contributed by atoms with Crippen molar-refractivity contribution in [2.75, 3.05) is 13.1 Å². The number of hydrogen-bond donors (Lipinski definition) is 2. The fourth-order valence-corrected chi connectivity index (χ4v) is 2.09. The van der Waals surface area contributed by atoms with E-state index in [0.717, 1.165) is 4.90 Å². The van der Waals surface area contributed by atoms with Crippen molar-refractivity contribution in [1.29, 1.82) is 0 Å². The molecular formula is C13H12FNO4. The molecule has 2 N–H and O–H groups in total. The molecule has 0 unspecified atom stereocenters. The van der Waals surface area contributed by atoms with E-state index in [0.29, 0.717) is 17.6 Å². The second kappa shape index (κ2) is 5.09. The van der Waals surface area contributed by atoms with Crippen molar-refractivity contribution in [1.82, 2.24) is 4.90 Å². The predicted molar refractivity (Wildman–Crippen MR) is 65.2 cm³/mol. The van der Waals surface area contributed by atoms with Gasteiger partial charge in [0.15, 0.2) is 0 Å². The van der Waals surface area contributed by atoms with Gasteiger partial charge in [0.05, 0.1) is 12.1 Å². The molecule has 0 radical (unpaired) electrons. The van der Waals surface area contributed by atoms with Gasteiger partial charge in [0.1, 0.15) is 5.82 Å². The van der Waals surface area contributed by atoms with E-state index in [1.807, 2.05) is 0 Å². The molecule has 5 nitrogen and oxygen atoms in total. The van der Waals surface area contributed by atoms with Crippen molar-refractivity contribution in [2.45, 2.75) is 6.42 Å². The molecular weight excluding hydrogens is 253 g/mol. The van der Waals surface area contributed by atoms with E-state index in [2.05, 4.69) is 0 Å². The lowest BCUT2D eigenvalue weighted by Gasteiger charge is -2.27. The number of halogens is 1. The molecule has 0 aromatic heterocycles. The van der Waals surface area contributed by atoms with E-state index >= 15 is 0 Å². The number of benzene rings is 1. The molecule has 6 heteroatoms. The highest BCUT2D eigenvalue weighted by molar-refractivity contribution is 5.98. The normalized spacial score (nSPS) is 15.5. The van der Waals surface area contributed by atoms with Gasteiger partial charge in [-0.05, 0) is 29.7 Å². The van der Waals surface area contributed by atoms with E-state index in [9.17, 15) is 19.1 Å². The average molecular weight is 265 g/mol. The first-order chi connectivity index (χ1) is 8.99. The molecule has 0 fully saturated rings. The maximum atomic E-state index is 12.9. The Labute approximate surface area is 108 Å². The van der Waals surface area contributed by atoms with Gasteiger partial charge >= 0.3 is 12.1 Å². The van der Waals surface area contributed by atoms with Crippen LogP contribution in [-0.4, -0.2) is 40.3 Å². The topological polar surface area (TPSA) is 77.8 Å². The van der Waals surface area contributed by atoms with Gasteiger partial charge in [0.2, 0.25) is 0 Å². The zero-order chi connectivity index (χ0) is 14.0. The van der Waals surface area contributed by atoms with Crippen LogP contribution in [-0.2, 0) is 4.79 Å². The molecule has 0 aliphatic carbocycles. The highest BCUT2D eigenvalue weighted by Crippen LogP contribution is 2.27. The summed E-state index contributed by atoms with van der Waals surface area (Å²) in [5.74, 6) is -1.55. The van der Waals surface area contributed by atoms with Crippen LogP contribution in [0.25, 0.3) is 5.57 Å². The Hall–Kier alpha value is -2.37. The Balaban J connectivity index is 2.40. The second-order valence-electron chi connectivity index (χ2n) is 4.22. The van der Waals surface area contributed by atoms with Crippen molar-refractivity contribution in [3.63, 3.8) is 0 Å². The first-order valence-corrected chi connectivity index (χ1v) is 5.68. The second-order valence-corrected chi connectivity index (χ2v) is 4.22. The van der Waals surface area contributed by atoms with Gasteiger partial charge in [-0.3, -0.25) is 0 Å². The van der Waals surface area contributed by atoms with E-state index in [1.165, 1.54) is 24.3 Å². The van der Waals surface area contributed by atoms with E-state index in [4.69, 9.17) is 5.11 Å². The molecule has 1 amide bonds. The summed E-state index contributed by atoms with van der Waals surface area (Å²) in [6.07, 6.45) is -0.837. The number of carbonyl (C=O) groups is 2. The number of nitrogens with zero attached hydrogens (tertiary/aromatic N) is 1. The van der Waals surface area contributed by atoms with Crippen LogP contribution < -0.4 is 0 Å². The third-order valence-electron chi connectivity index (χ3n) is 3.07. The third kappa shape index (κ3) is 2.73. The molecule has 1 aromatic rings. The summed E-state index contributed by atoms with van der Waals surface area (Å²) in [6, 6.07) is 5.52. The van der Waals surface area contributed by atoms with Crippen molar-refractivity contribution < 1.29 is 24.2 Å². The summed E-state index contributed by atoms with van der Waals surface area (Å²) in [5.41, 5.74) is 1.22. The zero-order valence-electron chi connectivity index (χ0n) is 9.97. The monoisotopic (exact) mass is 265 g/mol. The van der Waals surface area contributed by atoms with Crippen LogP contribution >= 0.6 is 0 Å². The van der Waals surface area contributed by atoms with Crippen LogP contribution in [0.3, 0.4) is 0 Å². The minimum atomic E-state index is -1.15. The van der Waals surface area contributed by atoms with Crippen LogP contribution in [0.1, 0.15) is 12.0 Å². The van der Waals surface area contributed by atoms with Gasteiger partial charge in [-0.25, -0.2) is 14.0 Å². The van der Waals surface area contributed by atoms with Crippen molar-refractivity contribution >= 4 is 17.6 Å². The van der Waals surface area contributed by atoms with Crippen molar-refractivity contribution in [2.24, 2.45) is 0 Å². The van der Waals surface area contributed by atoms with Crippen LogP contribution in [0, 0.1) is 5.82 Å². The van der Waals surface area contributed by atoms with Crippen LogP contribution in [0.15, 0.2) is 29.8 Å². The number of carboxylic acid groups (broad SMARTS) is 2. The number of rotatable bonds is 2. The van der Waals surface area contributed by atoms with E-state index in [-0.39, 0.29) is 18.7 Å². The Morgan fingerprint density at radius 1 is 1.16 bits per heavy atom. The van der Waals surface area contributed by atoms with Crippen LogP contribution in [0.2, 0.25) is 0 Å². The summed E-state index contributed by atoms with van der Waals surface area (Å²) >= 11 is 0. The molecule has 1 aliphatic heterocycles. The van der Waals surface area contributed by atoms with Gasteiger partial charge in [-0.15, -0.1) is 0 Å². The Bertz CT molecular complexity index is 550. The quantitative estimate of drug-likeness (QED) is 0.857. The fraction of sp³-hybridized carbons (Fsp3) is 0.231. The SMILES string of the molecule is O=C(O)C1=C(c2ccc(F)cc2)CCN(C(=O)O)C1. The minimum Gasteiger partial charge on any atom is -0.478 e. The van der Waals surface area contributed by atoms with Gasteiger partial charge < -0.3 is 15.1 Å². The Kier molecular flexibility index (Phi) is 3.50. The number of hydrogen-bond acceptors (Lipinski definition) is 2. The first kappa shape index (κ1) is 13.1. The van der Waals surface area contributed by atoms with E-state index in [1.54, 1.807) is 0 Å². The molecule has 19 heavy (non-hydrogen) atoms. The van der Waals surface area contributed by atoms with Gasteiger partial charge in [0, 0.05) is 6.54 Å². The highest BCUT2D eigenvalue weighted by Gasteiger charge is 2.26. The fourth-order valence-electron chi connectivity index (χ4n) is 2.09. The molecule has 1 heterocycles. The Morgan fingerprint density at radius 3 is 2.32 bits per heavy atom. The van der Waals surface area contributed by atoms with Crippen molar-refractivity contribution in [3.8, 4) is 0 Å². The lowest BCUT2D eigenvalue weighted by atomic mass is 9.93. The highest BCUT2D eigenvalue weighted by atomic mass is 19.1. The van der Waals surface area contributed by atoms with Gasteiger partial charge in [-0.2, -0.15) is 0 Å². The lowest BCUT2D eigenvalue weighted by Crippen LogP contribution is -2.37. The number of carboxylic acids is 1. The molecule has 0 bridgehead atoms. The standard InChI is InChI=1S/C13H12FNO4/c14-9-3-1-8(2-4-9)10-5-6-15(13(18)19)7-11(10)12(16)17/h1-4H,5-7H2,(H,16,17)(H,18,19). The summed E-state index contributed by atoms with van der Waals surface area (Å²) in [6.45, 7) is 0.0796. The minimum absolute atomic E-state index is 0.0419. The molecule has 2 rings (SSSR count). The molecule has 0 spiro atoms. The number of aliphatic carboxylic acids is 1. The van der Waals surface area contributed by atoms with Crippen LogP contribution in [0.5, 0.6) is 0 Å². The maximum Gasteiger partial charge on any atom is 0.407 e. The van der Waals surface area contributed by atoms with Gasteiger partial charge in [-0.1, -0.05) is 12.1 Å². The largest absolute Gasteiger partial charge is 0.478 e. The van der Waals surface area contributed by atoms with Gasteiger partial charge in [0.25, 0.3) is 0 Å². The van der Waals surface area contributed by atoms with E-state index < -0.39 is 17.9 Å². The molecule has 1 aromatic carbocycles. The zero-order valence-corrected chi connectivity index (χ0v) is 9.97. The Morgan fingerprint density at radius 2 is 1.79 bits per heavy atom. The molecule has 0 saturated heterocycles.